The zero-order valence-electron chi connectivity index (χ0n) is 14.6. The van der Waals surface area contributed by atoms with Gasteiger partial charge in [0.1, 0.15) is 5.75 Å². The molecule has 5 heteroatoms. The normalized spacial score (nSPS) is 10.5. The number of ether oxygens (including phenoxy) is 1. The molecule has 1 N–H and O–H groups in total. The molecule has 0 atom stereocenters. The van der Waals surface area contributed by atoms with Crippen LogP contribution in [0.4, 0.5) is 5.69 Å². The third-order valence-corrected chi connectivity index (χ3v) is 3.31. The van der Waals surface area contributed by atoms with Gasteiger partial charge in [0.15, 0.2) is 0 Å². The largest absolute Gasteiger partial charge is 0.489 e. The molecule has 2 amide bonds. The van der Waals surface area contributed by atoms with Gasteiger partial charge in [0.05, 0.1) is 11.8 Å². The number of hydrogen-bond donors (Lipinski definition) is 1. The van der Waals surface area contributed by atoms with E-state index in [1.807, 2.05) is 38.1 Å². The summed E-state index contributed by atoms with van der Waals surface area (Å²) in [7, 11) is 0. The number of amides is 2. The molecule has 1 aromatic carbocycles. The van der Waals surface area contributed by atoms with Gasteiger partial charge in [-0.05, 0) is 32.4 Å². The highest BCUT2D eigenvalue weighted by Crippen LogP contribution is 2.29. The number of benzene rings is 1. The van der Waals surface area contributed by atoms with Crippen LogP contribution in [0.3, 0.4) is 0 Å². The predicted octanol–water partition coefficient (Wildman–Crippen LogP) is 3.13. The quantitative estimate of drug-likeness (QED) is 0.711. The number of anilines is 1. The molecule has 1 rings (SSSR count). The minimum absolute atomic E-state index is 0.0160. The highest BCUT2D eigenvalue weighted by Gasteiger charge is 2.17. The second-order valence-electron chi connectivity index (χ2n) is 5.76. The minimum Gasteiger partial charge on any atom is -0.489 e. The lowest BCUT2D eigenvalue weighted by atomic mass is 10.2. The summed E-state index contributed by atoms with van der Waals surface area (Å²) < 4.78 is 5.77. The topological polar surface area (TPSA) is 58.6 Å². The van der Waals surface area contributed by atoms with Crippen molar-refractivity contribution in [3.8, 4) is 5.75 Å². The van der Waals surface area contributed by atoms with Gasteiger partial charge in [0.2, 0.25) is 11.8 Å². The summed E-state index contributed by atoms with van der Waals surface area (Å²) in [6, 6.07) is 7.41. The maximum absolute atomic E-state index is 12.0. The van der Waals surface area contributed by atoms with E-state index in [0.717, 1.165) is 12.8 Å². The molecule has 0 aromatic heterocycles. The smallest absolute Gasteiger partial charge is 0.223 e. The van der Waals surface area contributed by atoms with Crippen molar-refractivity contribution in [1.29, 1.82) is 0 Å². The van der Waals surface area contributed by atoms with Crippen molar-refractivity contribution in [2.45, 2.75) is 53.1 Å². The molecule has 0 unspecified atom stereocenters. The Morgan fingerprint density at radius 3 is 2.57 bits per heavy atom. The molecule has 0 fully saturated rings. The lowest BCUT2D eigenvalue weighted by Crippen LogP contribution is -2.34. The van der Waals surface area contributed by atoms with Gasteiger partial charge in [-0.2, -0.15) is 0 Å². The fraction of sp³-hybridized carbons (Fsp3) is 0.556. The number of para-hydroxylation sites is 2. The number of carbonyl (C=O) groups is 2. The van der Waals surface area contributed by atoms with E-state index in [2.05, 4.69) is 12.2 Å². The van der Waals surface area contributed by atoms with Crippen molar-refractivity contribution < 1.29 is 14.3 Å². The number of rotatable bonds is 9. The summed E-state index contributed by atoms with van der Waals surface area (Å²) in [6.45, 7) is 8.48. The van der Waals surface area contributed by atoms with E-state index >= 15 is 0 Å². The molecule has 0 aliphatic carbocycles. The van der Waals surface area contributed by atoms with Crippen LogP contribution in [-0.2, 0) is 9.59 Å². The first-order valence-electron chi connectivity index (χ1n) is 8.26. The van der Waals surface area contributed by atoms with Crippen molar-refractivity contribution in [1.82, 2.24) is 5.32 Å². The standard InChI is InChI=1S/C18H28N2O3/c1-5-6-12-19-18(22)11-13-20(15(4)21)16-9-7-8-10-17(16)23-14(2)3/h7-10,14H,5-6,11-13H2,1-4H3,(H,19,22). The molecule has 0 saturated heterocycles. The van der Waals surface area contributed by atoms with E-state index in [9.17, 15) is 9.59 Å². The Morgan fingerprint density at radius 1 is 1.26 bits per heavy atom. The maximum Gasteiger partial charge on any atom is 0.223 e. The van der Waals surface area contributed by atoms with Crippen LogP contribution in [0.15, 0.2) is 24.3 Å². The Bertz CT molecular complexity index is 515. The van der Waals surface area contributed by atoms with E-state index in [1.54, 1.807) is 4.90 Å². The Labute approximate surface area is 139 Å². The summed E-state index contributed by atoms with van der Waals surface area (Å²) >= 11 is 0. The van der Waals surface area contributed by atoms with Crippen LogP contribution in [0, 0.1) is 0 Å². The lowest BCUT2D eigenvalue weighted by molar-refractivity contribution is -0.121. The molecule has 0 bridgehead atoms. The number of unbranched alkanes of at least 4 members (excludes halogenated alkanes) is 1. The van der Waals surface area contributed by atoms with E-state index in [1.165, 1.54) is 6.92 Å². The van der Waals surface area contributed by atoms with Crippen molar-refractivity contribution in [3.05, 3.63) is 24.3 Å². The molecule has 1 aromatic rings. The Balaban J connectivity index is 2.75. The molecule has 23 heavy (non-hydrogen) atoms. The number of carbonyl (C=O) groups excluding carboxylic acids is 2. The minimum atomic E-state index is -0.105. The molecule has 0 aliphatic rings. The van der Waals surface area contributed by atoms with Gasteiger partial charge in [-0.15, -0.1) is 0 Å². The average molecular weight is 320 g/mol. The lowest BCUT2D eigenvalue weighted by Gasteiger charge is -2.24. The average Bonchev–Trinajstić information content (AvgIpc) is 2.48. The third kappa shape index (κ3) is 6.72. The molecule has 0 radical (unpaired) electrons. The zero-order valence-corrected chi connectivity index (χ0v) is 14.6. The fourth-order valence-corrected chi connectivity index (χ4v) is 2.19. The molecule has 0 spiro atoms. The predicted molar refractivity (Wildman–Crippen MR) is 92.8 cm³/mol. The fourth-order valence-electron chi connectivity index (χ4n) is 2.19. The molecule has 0 aliphatic heterocycles. The number of hydrogen-bond acceptors (Lipinski definition) is 3. The van der Waals surface area contributed by atoms with Gasteiger partial charge in [-0.25, -0.2) is 0 Å². The molecule has 128 valence electrons. The Hall–Kier alpha value is -2.04. The van der Waals surface area contributed by atoms with Crippen LogP contribution in [-0.4, -0.2) is 31.0 Å². The van der Waals surface area contributed by atoms with Gasteiger partial charge in [-0.3, -0.25) is 9.59 Å². The van der Waals surface area contributed by atoms with E-state index in [4.69, 9.17) is 4.74 Å². The maximum atomic E-state index is 12.0. The first-order chi connectivity index (χ1) is 11.0. The van der Waals surface area contributed by atoms with Crippen LogP contribution in [0.2, 0.25) is 0 Å². The van der Waals surface area contributed by atoms with Crippen LogP contribution in [0.25, 0.3) is 0 Å². The zero-order chi connectivity index (χ0) is 17.2. The molecular formula is C18H28N2O3. The Morgan fingerprint density at radius 2 is 1.96 bits per heavy atom. The van der Waals surface area contributed by atoms with Crippen molar-refractivity contribution in [2.75, 3.05) is 18.0 Å². The first kappa shape index (κ1) is 19.0. The third-order valence-electron chi connectivity index (χ3n) is 3.31. The second-order valence-corrected chi connectivity index (χ2v) is 5.76. The van der Waals surface area contributed by atoms with Crippen molar-refractivity contribution >= 4 is 17.5 Å². The van der Waals surface area contributed by atoms with Gasteiger partial charge in [-0.1, -0.05) is 25.5 Å². The summed E-state index contributed by atoms with van der Waals surface area (Å²) in [5.41, 5.74) is 0.704. The van der Waals surface area contributed by atoms with E-state index in [0.29, 0.717) is 24.5 Å². The van der Waals surface area contributed by atoms with E-state index < -0.39 is 0 Å². The molecule has 0 heterocycles. The van der Waals surface area contributed by atoms with Crippen LogP contribution in [0.5, 0.6) is 5.75 Å². The summed E-state index contributed by atoms with van der Waals surface area (Å²) in [6.07, 6.45) is 2.30. The highest BCUT2D eigenvalue weighted by atomic mass is 16.5. The molecule has 0 saturated carbocycles. The van der Waals surface area contributed by atoms with Crippen molar-refractivity contribution in [3.63, 3.8) is 0 Å². The van der Waals surface area contributed by atoms with Crippen LogP contribution < -0.4 is 15.0 Å². The Kier molecular flexibility index (Phi) is 8.16. The van der Waals surface area contributed by atoms with Gasteiger partial charge >= 0.3 is 0 Å². The van der Waals surface area contributed by atoms with Crippen LogP contribution in [0.1, 0.15) is 47.0 Å². The van der Waals surface area contributed by atoms with Gasteiger partial charge in [0, 0.05) is 26.4 Å². The van der Waals surface area contributed by atoms with E-state index in [-0.39, 0.29) is 24.3 Å². The highest BCUT2D eigenvalue weighted by molar-refractivity contribution is 5.93. The van der Waals surface area contributed by atoms with Gasteiger partial charge < -0.3 is 15.0 Å². The summed E-state index contributed by atoms with van der Waals surface area (Å²) in [4.78, 5) is 25.4. The molecule has 5 nitrogen and oxygen atoms in total. The monoisotopic (exact) mass is 320 g/mol. The number of nitrogens with zero attached hydrogens (tertiary/aromatic N) is 1. The van der Waals surface area contributed by atoms with Gasteiger partial charge in [0.25, 0.3) is 0 Å². The second kappa shape index (κ2) is 9.87. The first-order valence-corrected chi connectivity index (χ1v) is 8.26. The van der Waals surface area contributed by atoms with Crippen molar-refractivity contribution in [2.24, 2.45) is 0 Å². The summed E-state index contributed by atoms with van der Waals surface area (Å²) in [5, 5.41) is 2.87. The summed E-state index contributed by atoms with van der Waals surface area (Å²) in [5.74, 6) is 0.516. The SMILES string of the molecule is CCCCNC(=O)CCN(C(C)=O)c1ccccc1OC(C)C. The van der Waals surface area contributed by atoms with Crippen LogP contribution >= 0.6 is 0 Å². The molecular weight excluding hydrogens is 292 g/mol. The number of nitrogens with one attached hydrogen (secondary N) is 1.